The van der Waals surface area contributed by atoms with E-state index in [0.29, 0.717) is 0 Å². The summed E-state index contributed by atoms with van der Waals surface area (Å²) in [6, 6.07) is 48.8. The molecule has 3 heterocycles. The maximum Gasteiger partial charge on any atom is 0.169 e. The molecule has 4 heteroatoms. The van der Waals surface area contributed by atoms with Crippen molar-refractivity contribution in [3.05, 3.63) is 140 Å². The standard InChI is InChI=1S/C38H23N3O/c1-2-9-26(10-3-1)37-39-40-38-32-13-5-4-11-29(32)33-23-27(21-22-34(33)41(37)38)24-17-19-25(20-18-24)28-14-8-15-31-30-12-6-7-16-35(30)42-36(28)31/h1-23H. The van der Waals surface area contributed by atoms with E-state index in [4.69, 9.17) is 4.42 Å². The third kappa shape index (κ3) is 3.36. The summed E-state index contributed by atoms with van der Waals surface area (Å²) in [6.07, 6.45) is 0. The third-order valence-corrected chi connectivity index (χ3v) is 8.32. The Morgan fingerprint density at radius 1 is 0.452 bits per heavy atom. The minimum Gasteiger partial charge on any atom is -0.455 e. The van der Waals surface area contributed by atoms with Gasteiger partial charge in [-0.15, -0.1) is 10.2 Å². The maximum absolute atomic E-state index is 6.30. The highest BCUT2D eigenvalue weighted by Gasteiger charge is 2.17. The zero-order valence-electron chi connectivity index (χ0n) is 22.5. The average molecular weight is 538 g/mol. The molecule has 0 saturated carbocycles. The molecule has 0 atom stereocenters. The van der Waals surface area contributed by atoms with Crippen LogP contribution in [0.3, 0.4) is 0 Å². The van der Waals surface area contributed by atoms with E-state index in [-0.39, 0.29) is 0 Å². The predicted molar refractivity (Wildman–Crippen MR) is 172 cm³/mol. The van der Waals surface area contributed by atoms with Crippen LogP contribution in [0.4, 0.5) is 0 Å². The van der Waals surface area contributed by atoms with Crippen molar-refractivity contribution in [2.24, 2.45) is 0 Å². The van der Waals surface area contributed by atoms with Gasteiger partial charge in [0.05, 0.1) is 5.52 Å². The number of para-hydroxylation sites is 2. The monoisotopic (exact) mass is 537 g/mol. The van der Waals surface area contributed by atoms with E-state index in [1.54, 1.807) is 0 Å². The fourth-order valence-corrected chi connectivity index (χ4v) is 6.32. The Morgan fingerprint density at radius 2 is 1.14 bits per heavy atom. The Balaban J connectivity index is 1.20. The first-order valence-corrected chi connectivity index (χ1v) is 14.1. The fourth-order valence-electron chi connectivity index (χ4n) is 6.32. The van der Waals surface area contributed by atoms with Crippen LogP contribution in [-0.4, -0.2) is 14.6 Å². The molecule has 0 amide bonds. The van der Waals surface area contributed by atoms with Crippen LogP contribution >= 0.6 is 0 Å². The van der Waals surface area contributed by atoms with Crippen LogP contribution in [0.5, 0.6) is 0 Å². The highest BCUT2D eigenvalue weighted by molar-refractivity contribution is 6.13. The smallest absolute Gasteiger partial charge is 0.169 e. The van der Waals surface area contributed by atoms with Gasteiger partial charge >= 0.3 is 0 Å². The molecule has 0 radical (unpaired) electrons. The number of rotatable bonds is 3. The van der Waals surface area contributed by atoms with Gasteiger partial charge in [0.15, 0.2) is 11.5 Å². The van der Waals surface area contributed by atoms with E-state index in [1.807, 2.05) is 30.3 Å². The first-order chi connectivity index (χ1) is 20.8. The number of pyridine rings is 1. The van der Waals surface area contributed by atoms with E-state index in [1.165, 1.54) is 10.8 Å². The van der Waals surface area contributed by atoms with E-state index < -0.39 is 0 Å². The molecule has 3 aromatic heterocycles. The largest absolute Gasteiger partial charge is 0.455 e. The molecule has 6 aromatic carbocycles. The van der Waals surface area contributed by atoms with Gasteiger partial charge in [0.1, 0.15) is 11.2 Å². The quantitative estimate of drug-likeness (QED) is 0.211. The number of hydrogen-bond acceptors (Lipinski definition) is 3. The van der Waals surface area contributed by atoms with Crippen molar-refractivity contribution in [3.8, 4) is 33.6 Å². The van der Waals surface area contributed by atoms with Gasteiger partial charge in [-0.05, 0) is 40.3 Å². The lowest BCUT2D eigenvalue weighted by Gasteiger charge is -2.12. The minimum atomic E-state index is 0.846. The highest BCUT2D eigenvalue weighted by atomic mass is 16.3. The van der Waals surface area contributed by atoms with Crippen LogP contribution in [0.25, 0.3) is 82.9 Å². The lowest BCUT2D eigenvalue weighted by molar-refractivity contribution is 0.670. The van der Waals surface area contributed by atoms with E-state index in [9.17, 15) is 0 Å². The number of hydrogen-bond donors (Lipinski definition) is 0. The van der Waals surface area contributed by atoms with Gasteiger partial charge in [-0.3, -0.25) is 4.40 Å². The van der Waals surface area contributed by atoms with Gasteiger partial charge in [-0.2, -0.15) is 0 Å². The molecule has 0 N–H and O–H groups in total. The third-order valence-electron chi connectivity index (χ3n) is 8.32. The Bertz CT molecular complexity index is 2450. The normalized spacial score (nSPS) is 11.8. The van der Waals surface area contributed by atoms with Gasteiger partial charge < -0.3 is 4.42 Å². The number of furan rings is 1. The molecule has 0 saturated heterocycles. The molecule has 4 nitrogen and oxygen atoms in total. The second kappa shape index (κ2) is 8.88. The molecule has 9 rings (SSSR count). The van der Waals surface area contributed by atoms with Crippen LogP contribution in [-0.2, 0) is 0 Å². The molecular formula is C38H23N3O. The first-order valence-electron chi connectivity index (χ1n) is 14.1. The lowest BCUT2D eigenvalue weighted by Crippen LogP contribution is -1.94. The van der Waals surface area contributed by atoms with Crippen molar-refractivity contribution in [2.45, 2.75) is 0 Å². The van der Waals surface area contributed by atoms with Gasteiger partial charge in [-0.25, -0.2) is 0 Å². The number of nitrogens with zero attached hydrogens (tertiary/aromatic N) is 3. The Labute approximate surface area is 241 Å². The van der Waals surface area contributed by atoms with Gasteiger partial charge in [0.25, 0.3) is 0 Å². The molecule has 42 heavy (non-hydrogen) atoms. The molecule has 0 fully saturated rings. The zero-order valence-corrected chi connectivity index (χ0v) is 22.5. The van der Waals surface area contributed by atoms with Crippen molar-refractivity contribution in [3.63, 3.8) is 0 Å². The summed E-state index contributed by atoms with van der Waals surface area (Å²) in [4.78, 5) is 0. The lowest BCUT2D eigenvalue weighted by atomic mass is 9.97. The highest BCUT2D eigenvalue weighted by Crippen LogP contribution is 2.38. The number of aromatic nitrogens is 3. The summed E-state index contributed by atoms with van der Waals surface area (Å²) < 4.78 is 8.49. The fraction of sp³-hybridized carbons (Fsp3) is 0. The van der Waals surface area contributed by atoms with Crippen LogP contribution in [0, 0.1) is 0 Å². The zero-order chi connectivity index (χ0) is 27.6. The summed E-state index contributed by atoms with van der Waals surface area (Å²) in [5, 5.41) is 15.0. The van der Waals surface area contributed by atoms with Crippen LogP contribution < -0.4 is 0 Å². The van der Waals surface area contributed by atoms with E-state index in [2.05, 4.69) is 124 Å². The van der Waals surface area contributed by atoms with E-state index >= 15 is 0 Å². The first kappa shape index (κ1) is 23.0. The van der Waals surface area contributed by atoms with Crippen molar-refractivity contribution < 1.29 is 4.42 Å². The molecule has 0 aliphatic rings. The molecule has 0 aliphatic heterocycles. The van der Waals surface area contributed by atoms with E-state index in [0.717, 1.165) is 72.1 Å². The second-order valence-electron chi connectivity index (χ2n) is 10.7. The Hall–Kier alpha value is -5.74. The second-order valence-corrected chi connectivity index (χ2v) is 10.7. The predicted octanol–water partition coefficient (Wildman–Crippen LogP) is 9.94. The molecule has 0 bridgehead atoms. The molecular weight excluding hydrogens is 514 g/mol. The topological polar surface area (TPSA) is 43.3 Å². The van der Waals surface area contributed by atoms with Crippen LogP contribution in [0.1, 0.15) is 0 Å². The molecule has 0 spiro atoms. The summed E-state index contributed by atoms with van der Waals surface area (Å²) in [7, 11) is 0. The van der Waals surface area contributed by atoms with Crippen LogP contribution in [0.15, 0.2) is 144 Å². The number of benzene rings is 6. The Morgan fingerprint density at radius 3 is 2.00 bits per heavy atom. The summed E-state index contributed by atoms with van der Waals surface area (Å²) in [5.41, 5.74) is 9.40. The van der Waals surface area contributed by atoms with Gasteiger partial charge in [-0.1, -0.05) is 121 Å². The van der Waals surface area contributed by atoms with Crippen molar-refractivity contribution in [1.82, 2.24) is 14.6 Å². The summed E-state index contributed by atoms with van der Waals surface area (Å²) in [6.45, 7) is 0. The number of fused-ring (bicyclic) bond motifs is 9. The summed E-state index contributed by atoms with van der Waals surface area (Å²) >= 11 is 0. The molecule has 9 aromatic rings. The van der Waals surface area contributed by atoms with Crippen molar-refractivity contribution in [2.75, 3.05) is 0 Å². The minimum absolute atomic E-state index is 0.846. The van der Waals surface area contributed by atoms with Gasteiger partial charge in [0.2, 0.25) is 0 Å². The van der Waals surface area contributed by atoms with Crippen molar-refractivity contribution >= 4 is 49.3 Å². The molecule has 0 unspecified atom stereocenters. The summed E-state index contributed by atoms with van der Waals surface area (Å²) in [5.74, 6) is 0.846. The molecule has 0 aliphatic carbocycles. The van der Waals surface area contributed by atoms with Crippen LogP contribution in [0.2, 0.25) is 0 Å². The average Bonchev–Trinajstić information content (AvgIpc) is 3.68. The van der Waals surface area contributed by atoms with Gasteiger partial charge in [0, 0.05) is 32.7 Å². The Kier molecular flexibility index (Phi) is 4.87. The SMILES string of the molecule is c1ccc(-c2nnc3c4ccccc4c4cc(-c5ccc(-c6cccc7c6oc6ccccc67)cc5)ccc4n23)cc1. The maximum atomic E-state index is 6.30. The molecule has 196 valence electrons. The van der Waals surface area contributed by atoms with Crippen molar-refractivity contribution in [1.29, 1.82) is 0 Å².